The van der Waals surface area contributed by atoms with Crippen molar-refractivity contribution in [3.05, 3.63) is 60.2 Å². The van der Waals surface area contributed by atoms with Gasteiger partial charge in [-0.25, -0.2) is 8.78 Å². The van der Waals surface area contributed by atoms with Gasteiger partial charge in [0.25, 0.3) is 0 Å². The van der Waals surface area contributed by atoms with Gasteiger partial charge in [0, 0.05) is 11.0 Å². The summed E-state index contributed by atoms with van der Waals surface area (Å²) in [7, 11) is 0. The first-order valence-corrected chi connectivity index (χ1v) is 6.92. The van der Waals surface area contributed by atoms with E-state index in [1.54, 1.807) is 6.92 Å². The Morgan fingerprint density at radius 2 is 1.85 bits per heavy atom. The summed E-state index contributed by atoms with van der Waals surface area (Å²) >= 11 is 1.37. The van der Waals surface area contributed by atoms with Crippen molar-refractivity contribution < 1.29 is 13.6 Å². The number of halogens is 2. The van der Waals surface area contributed by atoms with Crippen LogP contribution in [0.2, 0.25) is 0 Å². The summed E-state index contributed by atoms with van der Waals surface area (Å²) < 4.78 is 26.2. The van der Waals surface area contributed by atoms with E-state index in [-0.39, 0.29) is 16.8 Å². The predicted molar refractivity (Wildman–Crippen MR) is 76.7 cm³/mol. The Labute approximate surface area is 120 Å². The van der Waals surface area contributed by atoms with E-state index in [4.69, 9.17) is 0 Å². The van der Waals surface area contributed by atoms with Crippen molar-refractivity contribution in [2.24, 2.45) is 0 Å². The number of benzene rings is 2. The minimum atomic E-state index is -0.782. The molecule has 104 valence electrons. The molecule has 1 N–H and O–H groups in total. The van der Waals surface area contributed by atoms with E-state index < -0.39 is 11.6 Å². The molecule has 0 aromatic heterocycles. The number of hydrogen-bond acceptors (Lipinski definition) is 2. The highest BCUT2D eigenvalue weighted by Crippen LogP contribution is 2.24. The largest absolute Gasteiger partial charge is 0.323 e. The van der Waals surface area contributed by atoms with Crippen molar-refractivity contribution in [3.63, 3.8) is 0 Å². The molecular weight excluding hydrogens is 280 g/mol. The minimum Gasteiger partial charge on any atom is -0.323 e. The van der Waals surface area contributed by atoms with Crippen LogP contribution in [-0.2, 0) is 4.79 Å². The minimum absolute atomic E-state index is 0.0167. The van der Waals surface area contributed by atoms with E-state index in [0.29, 0.717) is 0 Å². The van der Waals surface area contributed by atoms with Gasteiger partial charge in [0.15, 0.2) is 0 Å². The van der Waals surface area contributed by atoms with Gasteiger partial charge in [-0.15, -0.1) is 11.8 Å². The topological polar surface area (TPSA) is 29.1 Å². The monoisotopic (exact) mass is 293 g/mol. The summed E-state index contributed by atoms with van der Waals surface area (Å²) in [6.45, 7) is 1.73. The second-order valence-corrected chi connectivity index (χ2v) is 5.60. The van der Waals surface area contributed by atoms with Crippen LogP contribution in [0.1, 0.15) is 6.92 Å². The van der Waals surface area contributed by atoms with Crippen LogP contribution in [0.5, 0.6) is 0 Å². The number of thioether (sulfide) groups is 1. The van der Waals surface area contributed by atoms with Crippen molar-refractivity contribution in [1.29, 1.82) is 0 Å². The van der Waals surface area contributed by atoms with Crippen LogP contribution in [-0.4, -0.2) is 11.2 Å². The third kappa shape index (κ3) is 3.81. The Morgan fingerprint density at radius 1 is 1.15 bits per heavy atom. The molecule has 0 spiro atoms. The molecule has 0 radical (unpaired) electrons. The Bertz CT molecular complexity index is 604. The van der Waals surface area contributed by atoms with E-state index >= 15 is 0 Å². The van der Waals surface area contributed by atoms with Gasteiger partial charge < -0.3 is 5.32 Å². The number of amides is 1. The summed E-state index contributed by atoms with van der Waals surface area (Å²) in [5, 5.41) is 2.07. The lowest BCUT2D eigenvalue weighted by Crippen LogP contribution is -2.22. The van der Waals surface area contributed by atoms with Crippen molar-refractivity contribution in [3.8, 4) is 0 Å². The van der Waals surface area contributed by atoms with E-state index in [1.807, 2.05) is 30.3 Å². The van der Waals surface area contributed by atoms with Crippen LogP contribution in [0, 0.1) is 11.6 Å². The van der Waals surface area contributed by atoms with Crippen molar-refractivity contribution >= 4 is 23.4 Å². The van der Waals surface area contributed by atoms with Gasteiger partial charge in [0.05, 0.1) is 10.9 Å². The van der Waals surface area contributed by atoms with E-state index in [0.717, 1.165) is 17.0 Å². The van der Waals surface area contributed by atoms with Gasteiger partial charge in [-0.05, 0) is 31.2 Å². The molecule has 1 atom stereocenters. The lowest BCUT2D eigenvalue weighted by Gasteiger charge is -2.12. The predicted octanol–water partition coefficient (Wildman–Crippen LogP) is 4.08. The maximum absolute atomic E-state index is 13.4. The van der Waals surface area contributed by atoms with E-state index in [2.05, 4.69) is 5.32 Å². The Kier molecular flexibility index (Phi) is 4.74. The van der Waals surface area contributed by atoms with Crippen LogP contribution < -0.4 is 5.32 Å². The highest BCUT2D eigenvalue weighted by Gasteiger charge is 2.16. The average molecular weight is 293 g/mol. The molecule has 0 bridgehead atoms. The number of nitrogens with one attached hydrogen (secondary N) is 1. The van der Waals surface area contributed by atoms with Crippen molar-refractivity contribution in [2.45, 2.75) is 17.1 Å². The summed E-state index contributed by atoms with van der Waals surface area (Å²) in [6.07, 6.45) is 0. The van der Waals surface area contributed by atoms with Gasteiger partial charge in [-0.2, -0.15) is 0 Å². The summed E-state index contributed by atoms with van der Waals surface area (Å²) in [6, 6.07) is 12.5. The number of carbonyl (C=O) groups excluding carboxylic acids is 1. The molecule has 2 rings (SSSR count). The van der Waals surface area contributed by atoms with Crippen LogP contribution in [0.3, 0.4) is 0 Å². The Balaban J connectivity index is 2.01. The fraction of sp³-hybridized carbons (Fsp3) is 0.133. The van der Waals surface area contributed by atoms with Crippen LogP contribution in [0.15, 0.2) is 53.4 Å². The summed E-state index contributed by atoms with van der Waals surface area (Å²) in [4.78, 5) is 12.9. The van der Waals surface area contributed by atoms with E-state index in [1.165, 1.54) is 17.8 Å². The van der Waals surface area contributed by atoms with Crippen molar-refractivity contribution in [2.75, 3.05) is 5.32 Å². The normalized spacial score (nSPS) is 11.9. The third-order valence-corrected chi connectivity index (χ3v) is 3.73. The van der Waals surface area contributed by atoms with Gasteiger partial charge in [0.2, 0.25) is 5.91 Å². The number of hydrogen-bond donors (Lipinski definition) is 1. The smallest absolute Gasteiger partial charge is 0.237 e. The SMILES string of the molecule is C[C@@H](Sc1ccccc1)C(=O)Nc1ccc(F)cc1F. The lowest BCUT2D eigenvalue weighted by molar-refractivity contribution is -0.115. The molecule has 5 heteroatoms. The quantitative estimate of drug-likeness (QED) is 0.860. The number of rotatable bonds is 4. The fourth-order valence-corrected chi connectivity index (χ4v) is 2.47. The molecule has 2 aromatic rings. The first-order valence-electron chi connectivity index (χ1n) is 6.04. The first kappa shape index (κ1) is 14.5. The second kappa shape index (κ2) is 6.52. The molecule has 20 heavy (non-hydrogen) atoms. The van der Waals surface area contributed by atoms with Gasteiger partial charge >= 0.3 is 0 Å². The molecule has 0 heterocycles. The molecule has 0 aliphatic carbocycles. The molecule has 2 nitrogen and oxygen atoms in total. The molecule has 1 amide bonds. The summed E-state index contributed by atoms with van der Waals surface area (Å²) in [5.74, 6) is -1.79. The molecule has 0 saturated carbocycles. The van der Waals surface area contributed by atoms with Crippen molar-refractivity contribution in [1.82, 2.24) is 0 Å². The van der Waals surface area contributed by atoms with Crippen LogP contribution >= 0.6 is 11.8 Å². The maximum atomic E-state index is 13.4. The highest BCUT2D eigenvalue weighted by molar-refractivity contribution is 8.00. The zero-order valence-electron chi connectivity index (χ0n) is 10.8. The average Bonchev–Trinajstić information content (AvgIpc) is 2.43. The zero-order valence-corrected chi connectivity index (χ0v) is 11.6. The molecular formula is C15H13F2NOS. The van der Waals surface area contributed by atoms with Crippen LogP contribution in [0.25, 0.3) is 0 Å². The number of carbonyl (C=O) groups is 1. The maximum Gasteiger partial charge on any atom is 0.237 e. The standard InChI is InChI=1S/C15H13F2NOS/c1-10(20-12-5-3-2-4-6-12)15(19)18-14-8-7-11(16)9-13(14)17/h2-10H,1H3,(H,18,19)/t10-/m1/s1. The molecule has 0 unspecified atom stereocenters. The molecule has 2 aromatic carbocycles. The Hall–Kier alpha value is -1.88. The van der Waals surface area contributed by atoms with Gasteiger partial charge in [-0.1, -0.05) is 18.2 Å². The van der Waals surface area contributed by atoms with Gasteiger partial charge in [0.1, 0.15) is 11.6 Å². The van der Waals surface area contributed by atoms with Gasteiger partial charge in [-0.3, -0.25) is 4.79 Å². The highest BCUT2D eigenvalue weighted by atomic mass is 32.2. The fourth-order valence-electron chi connectivity index (χ4n) is 1.58. The Morgan fingerprint density at radius 3 is 2.50 bits per heavy atom. The third-order valence-electron chi connectivity index (χ3n) is 2.61. The molecule has 0 aliphatic heterocycles. The second-order valence-electron chi connectivity index (χ2n) is 4.19. The zero-order chi connectivity index (χ0) is 14.5. The van der Waals surface area contributed by atoms with Crippen LogP contribution in [0.4, 0.5) is 14.5 Å². The molecule has 0 saturated heterocycles. The molecule has 0 aliphatic rings. The molecule has 0 fully saturated rings. The summed E-state index contributed by atoms with van der Waals surface area (Å²) in [5.41, 5.74) is -0.0167. The van der Waals surface area contributed by atoms with E-state index in [9.17, 15) is 13.6 Å². The first-order chi connectivity index (χ1) is 9.56. The lowest BCUT2D eigenvalue weighted by atomic mass is 10.3. The number of anilines is 1.